The quantitative estimate of drug-likeness (QED) is 0.651. The highest BCUT2D eigenvalue weighted by molar-refractivity contribution is 6.16. The SMILES string of the molecule is ClCc1cncc(-n2cnc3ccccc32)n1. The predicted molar refractivity (Wildman–Crippen MR) is 66.2 cm³/mol. The number of fused-ring (bicyclic) bond motifs is 1. The van der Waals surface area contributed by atoms with Gasteiger partial charge in [-0.1, -0.05) is 12.1 Å². The third-order valence-electron chi connectivity index (χ3n) is 2.51. The lowest BCUT2D eigenvalue weighted by Crippen LogP contribution is -1.99. The topological polar surface area (TPSA) is 43.6 Å². The first-order valence-electron chi connectivity index (χ1n) is 5.18. The number of benzene rings is 1. The molecule has 0 N–H and O–H groups in total. The number of rotatable bonds is 2. The molecule has 2 aromatic heterocycles. The minimum Gasteiger partial charge on any atom is -0.282 e. The van der Waals surface area contributed by atoms with E-state index in [1.165, 1.54) is 0 Å². The zero-order valence-corrected chi connectivity index (χ0v) is 9.67. The summed E-state index contributed by atoms with van der Waals surface area (Å²) in [6, 6.07) is 7.89. The summed E-state index contributed by atoms with van der Waals surface area (Å²) >= 11 is 5.75. The summed E-state index contributed by atoms with van der Waals surface area (Å²) in [7, 11) is 0. The Labute approximate surface area is 103 Å². The smallest absolute Gasteiger partial charge is 0.157 e. The summed E-state index contributed by atoms with van der Waals surface area (Å²) in [6.07, 6.45) is 5.10. The van der Waals surface area contributed by atoms with Gasteiger partial charge in [0, 0.05) is 6.20 Å². The maximum Gasteiger partial charge on any atom is 0.157 e. The molecule has 0 amide bonds. The molecular formula is C12H9ClN4. The van der Waals surface area contributed by atoms with E-state index in [1.54, 1.807) is 18.7 Å². The van der Waals surface area contributed by atoms with E-state index in [2.05, 4.69) is 15.0 Å². The molecule has 0 unspecified atom stereocenters. The summed E-state index contributed by atoms with van der Waals surface area (Å²) < 4.78 is 1.90. The molecule has 0 atom stereocenters. The maximum absolute atomic E-state index is 5.75. The molecule has 0 aliphatic heterocycles. The largest absolute Gasteiger partial charge is 0.282 e. The fourth-order valence-corrected chi connectivity index (χ4v) is 1.85. The molecule has 5 heteroatoms. The third-order valence-corrected chi connectivity index (χ3v) is 2.78. The highest BCUT2D eigenvalue weighted by Crippen LogP contribution is 2.16. The lowest BCUT2D eigenvalue weighted by atomic mass is 10.3. The third kappa shape index (κ3) is 1.76. The number of para-hydroxylation sites is 2. The summed E-state index contributed by atoms with van der Waals surface area (Å²) in [5.74, 6) is 1.09. The van der Waals surface area contributed by atoms with Crippen LogP contribution in [0.25, 0.3) is 16.9 Å². The standard InChI is InChI=1S/C12H9ClN4/c13-5-9-6-14-7-12(16-9)17-8-15-10-3-1-2-4-11(10)17/h1-4,6-8H,5H2. The van der Waals surface area contributed by atoms with E-state index in [0.717, 1.165) is 22.5 Å². The van der Waals surface area contributed by atoms with Gasteiger partial charge in [-0.15, -0.1) is 11.6 Å². The van der Waals surface area contributed by atoms with Crippen LogP contribution < -0.4 is 0 Å². The summed E-state index contributed by atoms with van der Waals surface area (Å²) in [5, 5.41) is 0. The predicted octanol–water partition coefficient (Wildman–Crippen LogP) is 2.55. The first-order chi connectivity index (χ1) is 8.38. The van der Waals surface area contributed by atoms with Crippen LogP contribution in [0, 0.1) is 0 Å². The van der Waals surface area contributed by atoms with Gasteiger partial charge in [0.15, 0.2) is 5.82 Å². The fraction of sp³-hybridized carbons (Fsp3) is 0.0833. The highest BCUT2D eigenvalue weighted by atomic mass is 35.5. The van der Waals surface area contributed by atoms with E-state index in [-0.39, 0.29) is 0 Å². The van der Waals surface area contributed by atoms with Crippen molar-refractivity contribution in [3.8, 4) is 5.82 Å². The molecule has 3 aromatic rings. The molecule has 84 valence electrons. The summed E-state index contributed by atoms with van der Waals surface area (Å²) in [5.41, 5.74) is 2.70. The van der Waals surface area contributed by atoms with E-state index >= 15 is 0 Å². The number of nitrogens with zero attached hydrogens (tertiary/aromatic N) is 4. The van der Waals surface area contributed by atoms with Crippen LogP contribution in [0.1, 0.15) is 5.69 Å². The lowest BCUT2D eigenvalue weighted by Gasteiger charge is -2.03. The number of hydrogen-bond donors (Lipinski definition) is 0. The van der Waals surface area contributed by atoms with Gasteiger partial charge >= 0.3 is 0 Å². The zero-order chi connectivity index (χ0) is 11.7. The van der Waals surface area contributed by atoms with Crippen molar-refractivity contribution in [2.75, 3.05) is 0 Å². The second-order valence-electron chi connectivity index (χ2n) is 3.61. The summed E-state index contributed by atoms with van der Waals surface area (Å²) in [4.78, 5) is 12.8. The van der Waals surface area contributed by atoms with Gasteiger partial charge in [0.1, 0.15) is 6.33 Å². The lowest BCUT2D eigenvalue weighted by molar-refractivity contribution is 0.964. The Bertz CT molecular complexity index is 662. The van der Waals surface area contributed by atoms with Crippen molar-refractivity contribution in [2.45, 2.75) is 5.88 Å². The Kier molecular flexibility index (Phi) is 2.49. The first-order valence-corrected chi connectivity index (χ1v) is 5.71. The molecule has 0 spiro atoms. The van der Waals surface area contributed by atoms with Gasteiger partial charge in [0.25, 0.3) is 0 Å². The van der Waals surface area contributed by atoms with E-state index in [0.29, 0.717) is 5.88 Å². The first kappa shape index (κ1) is 10.2. The van der Waals surface area contributed by atoms with Crippen LogP contribution in [0.15, 0.2) is 43.0 Å². The normalized spacial score (nSPS) is 10.9. The average Bonchev–Trinajstić information content (AvgIpc) is 2.82. The van der Waals surface area contributed by atoms with Crippen LogP contribution in [-0.2, 0) is 5.88 Å². The van der Waals surface area contributed by atoms with Crippen molar-refractivity contribution < 1.29 is 0 Å². The number of imidazole rings is 1. The molecule has 0 aliphatic carbocycles. The van der Waals surface area contributed by atoms with Crippen LogP contribution in [0.2, 0.25) is 0 Å². The maximum atomic E-state index is 5.75. The van der Waals surface area contributed by atoms with Crippen LogP contribution >= 0.6 is 11.6 Å². The zero-order valence-electron chi connectivity index (χ0n) is 8.92. The molecule has 0 radical (unpaired) electrons. The van der Waals surface area contributed by atoms with Crippen molar-refractivity contribution in [1.29, 1.82) is 0 Å². The van der Waals surface area contributed by atoms with Crippen LogP contribution in [-0.4, -0.2) is 19.5 Å². The number of alkyl halides is 1. The number of hydrogen-bond acceptors (Lipinski definition) is 3. The van der Waals surface area contributed by atoms with E-state index in [4.69, 9.17) is 11.6 Å². The van der Waals surface area contributed by atoms with Gasteiger partial charge in [0.2, 0.25) is 0 Å². The molecule has 17 heavy (non-hydrogen) atoms. The van der Waals surface area contributed by atoms with Crippen molar-refractivity contribution >= 4 is 22.6 Å². The Morgan fingerprint density at radius 3 is 2.94 bits per heavy atom. The van der Waals surface area contributed by atoms with Crippen molar-refractivity contribution in [1.82, 2.24) is 19.5 Å². The molecule has 4 nitrogen and oxygen atoms in total. The fourth-order valence-electron chi connectivity index (χ4n) is 1.72. The van der Waals surface area contributed by atoms with E-state index < -0.39 is 0 Å². The molecule has 0 fully saturated rings. The van der Waals surface area contributed by atoms with E-state index in [1.807, 2.05) is 28.8 Å². The van der Waals surface area contributed by atoms with Crippen LogP contribution in [0.4, 0.5) is 0 Å². The molecule has 0 bridgehead atoms. The van der Waals surface area contributed by atoms with Crippen LogP contribution in [0.5, 0.6) is 0 Å². The monoisotopic (exact) mass is 244 g/mol. The molecule has 2 heterocycles. The second kappa shape index (κ2) is 4.14. The van der Waals surface area contributed by atoms with Gasteiger partial charge < -0.3 is 0 Å². The van der Waals surface area contributed by atoms with Crippen molar-refractivity contribution in [3.63, 3.8) is 0 Å². The van der Waals surface area contributed by atoms with Gasteiger partial charge in [-0.25, -0.2) is 9.97 Å². The van der Waals surface area contributed by atoms with Crippen molar-refractivity contribution in [2.24, 2.45) is 0 Å². The van der Waals surface area contributed by atoms with Gasteiger partial charge in [-0.05, 0) is 12.1 Å². The molecule has 0 aliphatic rings. The van der Waals surface area contributed by atoms with Crippen LogP contribution in [0.3, 0.4) is 0 Å². The van der Waals surface area contributed by atoms with E-state index in [9.17, 15) is 0 Å². The molecule has 1 aromatic carbocycles. The Hall–Kier alpha value is -1.94. The average molecular weight is 245 g/mol. The molecular weight excluding hydrogens is 236 g/mol. The van der Waals surface area contributed by atoms with Gasteiger partial charge in [0.05, 0.1) is 28.8 Å². The molecule has 0 saturated heterocycles. The highest BCUT2D eigenvalue weighted by Gasteiger charge is 2.05. The van der Waals surface area contributed by atoms with Gasteiger partial charge in [-0.3, -0.25) is 9.55 Å². The summed E-state index contributed by atoms with van der Waals surface area (Å²) in [6.45, 7) is 0. The Morgan fingerprint density at radius 1 is 1.18 bits per heavy atom. The Balaban J connectivity index is 2.20. The second-order valence-corrected chi connectivity index (χ2v) is 3.87. The van der Waals surface area contributed by atoms with Crippen molar-refractivity contribution in [3.05, 3.63) is 48.7 Å². The number of halogens is 1. The van der Waals surface area contributed by atoms with Gasteiger partial charge in [-0.2, -0.15) is 0 Å². The number of aromatic nitrogens is 4. The minimum absolute atomic E-state index is 0.355. The molecule has 0 saturated carbocycles. The minimum atomic E-state index is 0.355. The molecule has 3 rings (SSSR count). The Morgan fingerprint density at radius 2 is 2.06 bits per heavy atom.